The number of methoxy groups -OCH3 is 2. The minimum absolute atomic E-state index is 0.186. The molecule has 0 radical (unpaired) electrons. The molecular formula is C16H17FO3. The third kappa shape index (κ3) is 3.08. The molecule has 2 aromatic rings. The van der Waals surface area contributed by atoms with E-state index in [1.54, 1.807) is 31.4 Å². The molecule has 0 aliphatic carbocycles. The van der Waals surface area contributed by atoms with Crippen LogP contribution in [0, 0.1) is 5.82 Å². The fraction of sp³-hybridized carbons (Fsp3) is 0.250. The van der Waals surface area contributed by atoms with Crippen LogP contribution in [-0.4, -0.2) is 19.3 Å². The first-order chi connectivity index (χ1) is 9.65. The van der Waals surface area contributed by atoms with Crippen molar-refractivity contribution in [1.82, 2.24) is 0 Å². The second kappa shape index (κ2) is 6.39. The van der Waals surface area contributed by atoms with Gasteiger partial charge in [-0.3, -0.25) is 0 Å². The van der Waals surface area contributed by atoms with E-state index in [1.807, 2.05) is 12.1 Å². The minimum Gasteiger partial charge on any atom is -0.497 e. The van der Waals surface area contributed by atoms with E-state index < -0.39 is 11.9 Å². The van der Waals surface area contributed by atoms with Gasteiger partial charge in [0.05, 0.1) is 25.9 Å². The second-order valence-electron chi connectivity index (χ2n) is 4.42. The molecule has 0 aliphatic rings. The molecule has 2 aromatic carbocycles. The van der Waals surface area contributed by atoms with E-state index in [1.165, 1.54) is 13.2 Å². The van der Waals surface area contributed by atoms with Gasteiger partial charge in [-0.15, -0.1) is 0 Å². The van der Waals surface area contributed by atoms with E-state index in [0.29, 0.717) is 12.2 Å². The van der Waals surface area contributed by atoms with Crippen molar-refractivity contribution < 1.29 is 19.0 Å². The van der Waals surface area contributed by atoms with Crippen LogP contribution in [0.15, 0.2) is 42.5 Å². The largest absolute Gasteiger partial charge is 0.497 e. The Hall–Kier alpha value is -2.07. The maximum Gasteiger partial charge on any atom is 0.132 e. The number of rotatable bonds is 5. The summed E-state index contributed by atoms with van der Waals surface area (Å²) < 4.78 is 24.0. The van der Waals surface area contributed by atoms with Gasteiger partial charge in [-0.2, -0.15) is 0 Å². The van der Waals surface area contributed by atoms with Gasteiger partial charge in [0, 0.05) is 6.42 Å². The van der Waals surface area contributed by atoms with Crippen LogP contribution in [0.5, 0.6) is 11.5 Å². The molecular weight excluding hydrogens is 259 g/mol. The molecule has 1 N–H and O–H groups in total. The van der Waals surface area contributed by atoms with Crippen LogP contribution < -0.4 is 9.47 Å². The number of aliphatic hydroxyl groups excluding tert-OH is 1. The van der Waals surface area contributed by atoms with E-state index in [2.05, 4.69) is 0 Å². The summed E-state index contributed by atoms with van der Waals surface area (Å²) in [6.07, 6.45) is -0.652. The Labute approximate surface area is 117 Å². The summed E-state index contributed by atoms with van der Waals surface area (Å²) in [5, 5.41) is 10.2. The van der Waals surface area contributed by atoms with E-state index in [9.17, 15) is 9.50 Å². The van der Waals surface area contributed by atoms with Gasteiger partial charge in [-0.1, -0.05) is 18.2 Å². The third-order valence-electron chi connectivity index (χ3n) is 3.15. The third-order valence-corrected chi connectivity index (χ3v) is 3.15. The summed E-state index contributed by atoms with van der Waals surface area (Å²) in [5.41, 5.74) is 1.08. The zero-order valence-electron chi connectivity index (χ0n) is 11.5. The van der Waals surface area contributed by atoms with Gasteiger partial charge in [-0.05, 0) is 29.8 Å². The highest BCUT2D eigenvalue weighted by molar-refractivity contribution is 5.37. The van der Waals surface area contributed by atoms with Crippen molar-refractivity contribution in [2.24, 2.45) is 0 Å². The lowest BCUT2D eigenvalue weighted by molar-refractivity contribution is 0.169. The normalized spacial score (nSPS) is 12.0. The molecule has 106 valence electrons. The number of aliphatic hydroxyl groups is 1. The van der Waals surface area contributed by atoms with Gasteiger partial charge in [0.15, 0.2) is 0 Å². The summed E-state index contributed by atoms with van der Waals surface area (Å²) in [7, 11) is 3.05. The van der Waals surface area contributed by atoms with Crippen molar-refractivity contribution in [1.29, 1.82) is 0 Å². The van der Waals surface area contributed by atoms with Gasteiger partial charge in [0.25, 0.3) is 0 Å². The number of ether oxygens (including phenoxy) is 2. The van der Waals surface area contributed by atoms with E-state index in [4.69, 9.17) is 9.47 Å². The molecule has 3 nitrogen and oxygen atoms in total. The minimum atomic E-state index is -0.959. The predicted molar refractivity (Wildman–Crippen MR) is 74.6 cm³/mol. The Bertz CT molecular complexity index is 566. The zero-order chi connectivity index (χ0) is 14.5. The Morgan fingerprint density at radius 2 is 1.75 bits per heavy atom. The fourth-order valence-corrected chi connectivity index (χ4v) is 2.11. The molecule has 0 aliphatic heterocycles. The van der Waals surface area contributed by atoms with Crippen molar-refractivity contribution >= 4 is 0 Å². The highest BCUT2D eigenvalue weighted by Gasteiger charge is 2.18. The lowest BCUT2D eigenvalue weighted by Crippen LogP contribution is -2.06. The van der Waals surface area contributed by atoms with Gasteiger partial charge in [0.2, 0.25) is 0 Å². The Balaban J connectivity index is 2.21. The molecule has 0 saturated heterocycles. The van der Waals surface area contributed by atoms with Crippen molar-refractivity contribution in [3.05, 3.63) is 59.4 Å². The second-order valence-corrected chi connectivity index (χ2v) is 4.42. The first-order valence-electron chi connectivity index (χ1n) is 6.29. The molecule has 2 rings (SSSR count). The molecule has 0 heterocycles. The van der Waals surface area contributed by atoms with Crippen molar-refractivity contribution in [2.75, 3.05) is 14.2 Å². The van der Waals surface area contributed by atoms with Crippen LogP contribution in [0.2, 0.25) is 0 Å². The van der Waals surface area contributed by atoms with E-state index in [-0.39, 0.29) is 5.56 Å². The summed E-state index contributed by atoms with van der Waals surface area (Å²) in [5.74, 6) is 0.628. The average molecular weight is 276 g/mol. The fourth-order valence-electron chi connectivity index (χ4n) is 2.11. The van der Waals surface area contributed by atoms with Gasteiger partial charge in [0.1, 0.15) is 17.3 Å². The number of hydrogen-bond acceptors (Lipinski definition) is 3. The Morgan fingerprint density at radius 3 is 2.35 bits per heavy atom. The quantitative estimate of drug-likeness (QED) is 0.912. The molecule has 0 fully saturated rings. The highest BCUT2D eigenvalue weighted by atomic mass is 19.1. The lowest BCUT2D eigenvalue weighted by Gasteiger charge is -2.15. The van der Waals surface area contributed by atoms with Crippen LogP contribution in [-0.2, 0) is 6.42 Å². The maximum atomic E-state index is 13.8. The maximum absolute atomic E-state index is 13.8. The first-order valence-corrected chi connectivity index (χ1v) is 6.29. The first kappa shape index (κ1) is 14.3. The van der Waals surface area contributed by atoms with Crippen LogP contribution in [0.3, 0.4) is 0 Å². The smallest absolute Gasteiger partial charge is 0.132 e. The molecule has 0 spiro atoms. The topological polar surface area (TPSA) is 38.7 Å². The number of halogens is 1. The Kier molecular flexibility index (Phi) is 4.58. The Morgan fingerprint density at radius 1 is 1.05 bits per heavy atom. The summed E-state index contributed by atoms with van der Waals surface area (Å²) >= 11 is 0. The number of benzene rings is 2. The standard InChI is InChI=1S/C16H17FO3/c1-19-12-8-6-11(7-9-12)10-14(18)16-13(17)4-3-5-15(16)20-2/h3-9,14,18H,10H2,1-2H3. The molecule has 4 heteroatoms. The SMILES string of the molecule is COc1ccc(CC(O)c2c(F)cccc2OC)cc1. The van der Waals surface area contributed by atoms with Crippen molar-refractivity contribution in [2.45, 2.75) is 12.5 Å². The highest BCUT2D eigenvalue weighted by Crippen LogP contribution is 2.30. The summed E-state index contributed by atoms with van der Waals surface area (Å²) in [4.78, 5) is 0. The molecule has 0 saturated carbocycles. The van der Waals surface area contributed by atoms with Gasteiger partial charge < -0.3 is 14.6 Å². The average Bonchev–Trinajstić information content (AvgIpc) is 2.47. The van der Waals surface area contributed by atoms with Crippen LogP contribution in [0.25, 0.3) is 0 Å². The van der Waals surface area contributed by atoms with E-state index >= 15 is 0 Å². The molecule has 20 heavy (non-hydrogen) atoms. The zero-order valence-corrected chi connectivity index (χ0v) is 11.5. The monoisotopic (exact) mass is 276 g/mol. The molecule has 0 bridgehead atoms. The number of hydrogen-bond donors (Lipinski definition) is 1. The summed E-state index contributed by atoms with van der Waals surface area (Å²) in [6, 6.07) is 11.8. The predicted octanol–water partition coefficient (Wildman–Crippen LogP) is 3.12. The molecule has 1 unspecified atom stereocenters. The van der Waals surface area contributed by atoms with Gasteiger partial charge in [-0.25, -0.2) is 4.39 Å². The van der Waals surface area contributed by atoms with Crippen molar-refractivity contribution in [3.63, 3.8) is 0 Å². The molecule has 0 aromatic heterocycles. The molecule has 1 atom stereocenters. The summed E-state index contributed by atoms with van der Waals surface area (Å²) in [6.45, 7) is 0. The van der Waals surface area contributed by atoms with Crippen LogP contribution >= 0.6 is 0 Å². The van der Waals surface area contributed by atoms with Crippen LogP contribution in [0.4, 0.5) is 4.39 Å². The molecule has 0 amide bonds. The van der Waals surface area contributed by atoms with Crippen molar-refractivity contribution in [3.8, 4) is 11.5 Å². The van der Waals surface area contributed by atoms with E-state index in [0.717, 1.165) is 11.3 Å². The lowest BCUT2D eigenvalue weighted by atomic mass is 10.00. The van der Waals surface area contributed by atoms with Crippen LogP contribution in [0.1, 0.15) is 17.2 Å². The van der Waals surface area contributed by atoms with Gasteiger partial charge >= 0.3 is 0 Å².